The number of allylic oxidation sites excluding steroid dienone is 1. The second-order valence-electron chi connectivity index (χ2n) is 3.04. The van der Waals surface area contributed by atoms with E-state index in [2.05, 4.69) is 5.32 Å². The Bertz CT molecular complexity index is 303. The molecule has 0 saturated heterocycles. The second kappa shape index (κ2) is 5.97. The topological polar surface area (TPSA) is 29.1 Å². The maximum absolute atomic E-state index is 11.3. The van der Waals surface area contributed by atoms with Crippen molar-refractivity contribution in [1.29, 1.82) is 0 Å². The maximum Gasteiger partial charge on any atom is 0.224 e. The summed E-state index contributed by atoms with van der Waals surface area (Å²) in [5.41, 5.74) is 1.05. The summed E-state index contributed by atoms with van der Waals surface area (Å²) in [4.78, 5) is 11.3. The van der Waals surface area contributed by atoms with Gasteiger partial charge in [-0.2, -0.15) is 0 Å². The first kappa shape index (κ1) is 10.5. The van der Waals surface area contributed by atoms with E-state index >= 15 is 0 Å². The van der Waals surface area contributed by atoms with E-state index in [4.69, 9.17) is 0 Å². The van der Waals surface area contributed by atoms with Crippen LogP contribution in [0.5, 0.6) is 0 Å². The van der Waals surface area contributed by atoms with E-state index in [0.29, 0.717) is 13.0 Å². The van der Waals surface area contributed by atoms with Crippen molar-refractivity contribution >= 4 is 5.91 Å². The van der Waals surface area contributed by atoms with Crippen LogP contribution in [-0.2, 0) is 11.2 Å². The molecule has 0 aliphatic heterocycles. The van der Waals surface area contributed by atoms with Crippen LogP contribution in [-0.4, -0.2) is 12.5 Å². The molecule has 1 aromatic carbocycles. The molecule has 0 aromatic heterocycles. The Morgan fingerprint density at radius 1 is 1.36 bits per heavy atom. The molecule has 0 unspecified atom stereocenters. The Kier molecular flexibility index (Phi) is 4.48. The first-order chi connectivity index (χ1) is 6.83. The number of amides is 1. The molecule has 0 radical (unpaired) electrons. The lowest BCUT2D eigenvalue weighted by atomic mass is 10.1. The van der Waals surface area contributed by atoms with Gasteiger partial charge in [-0.05, 0) is 12.5 Å². The van der Waals surface area contributed by atoms with Crippen LogP contribution in [0.15, 0.2) is 42.5 Å². The van der Waals surface area contributed by atoms with E-state index in [-0.39, 0.29) is 5.91 Å². The predicted octanol–water partition coefficient (Wildman–Crippen LogP) is 1.92. The fraction of sp³-hybridized carbons (Fsp3) is 0.250. The zero-order chi connectivity index (χ0) is 10.2. The van der Waals surface area contributed by atoms with Gasteiger partial charge in [0, 0.05) is 6.54 Å². The van der Waals surface area contributed by atoms with Gasteiger partial charge in [0.25, 0.3) is 0 Å². The molecule has 0 heterocycles. The molecule has 2 heteroatoms. The summed E-state index contributed by atoms with van der Waals surface area (Å²) in [6.07, 6.45) is 4.30. The molecule has 14 heavy (non-hydrogen) atoms. The van der Waals surface area contributed by atoms with E-state index in [1.165, 1.54) is 0 Å². The molecule has 1 aromatic rings. The van der Waals surface area contributed by atoms with Gasteiger partial charge in [-0.3, -0.25) is 4.79 Å². The average molecular weight is 189 g/mol. The predicted molar refractivity (Wildman–Crippen MR) is 58.0 cm³/mol. The van der Waals surface area contributed by atoms with Crippen LogP contribution in [0.2, 0.25) is 0 Å². The lowest BCUT2D eigenvalue weighted by Crippen LogP contribution is -2.24. The third-order valence-corrected chi connectivity index (χ3v) is 1.86. The SMILES string of the molecule is C/C=C\CNC(=O)Cc1ccccc1. The molecule has 0 bridgehead atoms. The quantitative estimate of drug-likeness (QED) is 0.720. The van der Waals surface area contributed by atoms with Crippen LogP contribution in [0, 0.1) is 0 Å². The summed E-state index contributed by atoms with van der Waals surface area (Å²) in [7, 11) is 0. The molecule has 1 amide bonds. The number of nitrogens with one attached hydrogen (secondary N) is 1. The van der Waals surface area contributed by atoms with Crippen molar-refractivity contribution in [3.8, 4) is 0 Å². The lowest BCUT2D eigenvalue weighted by molar-refractivity contribution is -0.120. The monoisotopic (exact) mass is 189 g/mol. The van der Waals surface area contributed by atoms with Crippen molar-refractivity contribution in [2.45, 2.75) is 13.3 Å². The standard InChI is InChI=1S/C12H15NO/c1-2-3-9-13-12(14)10-11-7-5-4-6-8-11/h2-8H,9-10H2,1H3,(H,13,14)/b3-2-. The highest BCUT2D eigenvalue weighted by Gasteiger charge is 1.99. The molecule has 0 fully saturated rings. The number of carbonyl (C=O) groups is 1. The molecule has 0 atom stereocenters. The fourth-order valence-corrected chi connectivity index (χ4v) is 1.13. The third kappa shape index (κ3) is 3.90. The van der Waals surface area contributed by atoms with E-state index in [0.717, 1.165) is 5.56 Å². The normalized spacial score (nSPS) is 10.4. The van der Waals surface area contributed by atoms with Crippen molar-refractivity contribution in [1.82, 2.24) is 5.32 Å². The highest BCUT2D eigenvalue weighted by molar-refractivity contribution is 5.78. The summed E-state index contributed by atoms with van der Waals surface area (Å²) in [5.74, 6) is 0.0642. The van der Waals surface area contributed by atoms with Gasteiger partial charge in [-0.1, -0.05) is 42.5 Å². The average Bonchev–Trinajstić information content (AvgIpc) is 2.20. The Morgan fingerprint density at radius 2 is 2.07 bits per heavy atom. The van der Waals surface area contributed by atoms with Gasteiger partial charge in [0.2, 0.25) is 5.91 Å². The van der Waals surface area contributed by atoms with Crippen LogP contribution < -0.4 is 5.32 Å². The van der Waals surface area contributed by atoms with Gasteiger partial charge >= 0.3 is 0 Å². The van der Waals surface area contributed by atoms with Crippen LogP contribution >= 0.6 is 0 Å². The molecule has 1 rings (SSSR count). The number of rotatable bonds is 4. The van der Waals surface area contributed by atoms with Crippen LogP contribution in [0.3, 0.4) is 0 Å². The van der Waals surface area contributed by atoms with E-state index in [1.54, 1.807) is 0 Å². The molecule has 2 nitrogen and oxygen atoms in total. The van der Waals surface area contributed by atoms with Crippen LogP contribution in [0.1, 0.15) is 12.5 Å². The van der Waals surface area contributed by atoms with Gasteiger partial charge < -0.3 is 5.32 Å². The molecular weight excluding hydrogens is 174 g/mol. The van der Waals surface area contributed by atoms with Crippen molar-refractivity contribution in [2.24, 2.45) is 0 Å². The van der Waals surface area contributed by atoms with E-state index < -0.39 is 0 Å². The largest absolute Gasteiger partial charge is 0.352 e. The Balaban J connectivity index is 2.34. The fourth-order valence-electron chi connectivity index (χ4n) is 1.13. The minimum atomic E-state index is 0.0642. The van der Waals surface area contributed by atoms with Crippen molar-refractivity contribution in [3.63, 3.8) is 0 Å². The molecule has 0 saturated carbocycles. The smallest absolute Gasteiger partial charge is 0.224 e. The van der Waals surface area contributed by atoms with Crippen LogP contribution in [0.4, 0.5) is 0 Å². The van der Waals surface area contributed by atoms with Crippen LogP contribution in [0.25, 0.3) is 0 Å². The zero-order valence-electron chi connectivity index (χ0n) is 8.36. The third-order valence-electron chi connectivity index (χ3n) is 1.86. The van der Waals surface area contributed by atoms with Gasteiger partial charge in [0.15, 0.2) is 0 Å². The van der Waals surface area contributed by atoms with E-state index in [9.17, 15) is 4.79 Å². The van der Waals surface area contributed by atoms with Crippen molar-refractivity contribution in [2.75, 3.05) is 6.54 Å². The van der Waals surface area contributed by atoms with Gasteiger partial charge in [-0.25, -0.2) is 0 Å². The Hall–Kier alpha value is -1.57. The first-order valence-corrected chi connectivity index (χ1v) is 4.74. The summed E-state index contributed by atoms with van der Waals surface area (Å²) in [6.45, 7) is 2.55. The second-order valence-corrected chi connectivity index (χ2v) is 3.04. The molecular formula is C12H15NO. The Morgan fingerprint density at radius 3 is 2.71 bits per heavy atom. The van der Waals surface area contributed by atoms with E-state index in [1.807, 2.05) is 49.4 Å². The maximum atomic E-state index is 11.3. The summed E-state index contributed by atoms with van der Waals surface area (Å²) < 4.78 is 0. The molecule has 1 N–H and O–H groups in total. The first-order valence-electron chi connectivity index (χ1n) is 4.74. The highest BCUT2D eigenvalue weighted by atomic mass is 16.1. The van der Waals surface area contributed by atoms with Gasteiger partial charge in [-0.15, -0.1) is 0 Å². The lowest BCUT2D eigenvalue weighted by Gasteiger charge is -2.01. The number of carbonyl (C=O) groups excluding carboxylic acids is 1. The molecule has 0 aliphatic rings. The number of hydrogen-bond acceptors (Lipinski definition) is 1. The minimum Gasteiger partial charge on any atom is -0.352 e. The highest BCUT2D eigenvalue weighted by Crippen LogP contribution is 1.98. The summed E-state index contributed by atoms with van der Waals surface area (Å²) >= 11 is 0. The molecule has 0 spiro atoms. The van der Waals surface area contributed by atoms with Crippen molar-refractivity contribution in [3.05, 3.63) is 48.0 Å². The van der Waals surface area contributed by atoms with Gasteiger partial charge in [0.1, 0.15) is 0 Å². The van der Waals surface area contributed by atoms with Gasteiger partial charge in [0.05, 0.1) is 6.42 Å². The zero-order valence-corrected chi connectivity index (χ0v) is 8.36. The van der Waals surface area contributed by atoms with Crippen molar-refractivity contribution < 1.29 is 4.79 Å². The number of benzene rings is 1. The molecule has 0 aliphatic carbocycles. The summed E-state index contributed by atoms with van der Waals surface area (Å²) in [5, 5.41) is 2.81. The molecule has 74 valence electrons. The summed E-state index contributed by atoms with van der Waals surface area (Å²) in [6, 6.07) is 9.73. The Labute approximate surface area is 84.6 Å². The number of hydrogen-bond donors (Lipinski definition) is 1. The minimum absolute atomic E-state index is 0.0642.